The van der Waals surface area contributed by atoms with E-state index in [2.05, 4.69) is 30.5 Å². The number of morpholine rings is 1. The number of ether oxygens (including phenoxy) is 2. The average Bonchev–Trinajstić information content (AvgIpc) is 2.77. The molecule has 1 fully saturated rings. The molecule has 4 rings (SSSR count). The Hall–Kier alpha value is -3.10. The first-order valence-electron chi connectivity index (χ1n) is 9.64. The Bertz CT molecular complexity index is 1010. The highest BCUT2D eigenvalue weighted by molar-refractivity contribution is 6.33. The molecule has 0 bridgehead atoms. The van der Waals surface area contributed by atoms with Crippen LogP contribution in [-0.4, -0.2) is 48.4 Å². The van der Waals surface area contributed by atoms with Gasteiger partial charge in [0.25, 0.3) is 0 Å². The fraction of sp³-hybridized carbons (Fsp3) is 0.286. The van der Waals surface area contributed by atoms with E-state index in [1.807, 2.05) is 43.3 Å². The Morgan fingerprint density at radius 1 is 0.967 bits per heavy atom. The summed E-state index contributed by atoms with van der Waals surface area (Å²) in [4.78, 5) is 15.8. The standard InChI is InChI=1S/C21H23ClN6O2/c1-14-3-5-15(6-4-14)23-19-25-20(24-18-8-7-16(29-2)13-17(18)22)27-21(26-19)28-9-11-30-12-10-28/h3-8,13H,9-12H2,1-2H3,(H2,23,24,25,26,27). The fourth-order valence-corrected chi connectivity index (χ4v) is 3.21. The first-order valence-corrected chi connectivity index (χ1v) is 10.0. The number of methoxy groups -OCH3 is 1. The molecule has 0 atom stereocenters. The number of hydrogen-bond donors (Lipinski definition) is 2. The lowest BCUT2D eigenvalue weighted by molar-refractivity contribution is 0.122. The van der Waals surface area contributed by atoms with Crippen molar-refractivity contribution in [1.82, 2.24) is 15.0 Å². The molecule has 8 nitrogen and oxygen atoms in total. The minimum Gasteiger partial charge on any atom is -0.497 e. The maximum atomic E-state index is 6.37. The van der Waals surface area contributed by atoms with Crippen LogP contribution in [0.1, 0.15) is 5.56 Å². The molecule has 30 heavy (non-hydrogen) atoms. The molecule has 1 aliphatic heterocycles. The van der Waals surface area contributed by atoms with Crippen LogP contribution in [0.15, 0.2) is 42.5 Å². The van der Waals surface area contributed by atoms with Crippen LogP contribution in [0.3, 0.4) is 0 Å². The van der Waals surface area contributed by atoms with Crippen LogP contribution in [0, 0.1) is 6.92 Å². The van der Waals surface area contributed by atoms with E-state index in [1.165, 1.54) is 5.56 Å². The lowest BCUT2D eigenvalue weighted by Gasteiger charge is -2.27. The molecule has 2 heterocycles. The number of aromatic nitrogens is 3. The number of nitrogens with one attached hydrogen (secondary N) is 2. The Labute approximate surface area is 180 Å². The molecule has 2 aromatic carbocycles. The Morgan fingerprint density at radius 2 is 1.67 bits per heavy atom. The summed E-state index contributed by atoms with van der Waals surface area (Å²) in [5.74, 6) is 2.10. The van der Waals surface area contributed by atoms with Crippen molar-refractivity contribution in [1.29, 1.82) is 0 Å². The van der Waals surface area contributed by atoms with Crippen molar-refractivity contribution in [3.05, 3.63) is 53.1 Å². The molecule has 0 radical (unpaired) electrons. The van der Waals surface area contributed by atoms with Crippen LogP contribution in [0.5, 0.6) is 5.75 Å². The van der Waals surface area contributed by atoms with E-state index >= 15 is 0 Å². The van der Waals surface area contributed by atoms with E-state index < -0.39 is 0 Å². The Balaban J connectivity index is 1.64. The smallest absolute Gasteiger partial charge is 0.233 e. The monoisotopic (exact) mass is 426 g/mol. The van der Waals surface area contributed by atoms with E-state index in [-0.39, 0.29) is 0 Å². The third kappa shape index (κ3) is 4.90. The fourth-order valence-electron chi connectivity index (χ4n) is 2.99. The van der Waals surface area contributed by atoms with Crippen molar-refractivity contribution in [2.24, 2.45) is 0 Å². The van der Waals surface area contributed by atoms with Crippen LogP contribution in [-0.2, 0) is 4.74 Å². The third-order valence-corrected chi connectivity index (χ3v) is 4.96. The first-order chi connectivity index (χ1) is 14.6. The van der Waals surface area contributed by atoms with Crippen LogP contribution < -0.4 is 20.3 Å². The number of benzene rings is 2. The second kappa shape index (κ2) is 9.15. The van der Waals surface area contributed by atoms with E-state index in [1.54, 1.807) is 13.2 Å². The van der Waals surface area contributed by atoms with Gasteiger partial charge in [0.1, 0.15) is 5.75 Å². The van der Waals surface area contributed by atoms with Gasteiger partial charge in [0.15, 0.2) is 0 Å². The molecule has 0 saturated carbocycles. The van der Waals surface area contributed by atoms with Gasteiger partial charge in [-0.1, -0.05) is 29.3 Å². The zero-order chi connectivity index (χ0) is 20.9. The Morgan fingerprint density at radius 3 is 2.33 bits per heavy atom. The van der Waals surface area contributed by atoms with E-state index in [4.69, 9.17) is 21.1 Å². The van der Waals surface area contributed by atoms with Gasteiger partial charge in [-0.25, -0.2) is 0 Å². The minimum absolute atomic E-state index is 0.396. The summed E-state index contributed by atoms with van der Waals surface area (Å²) in [6, 6.07) is 13.4. The summed E-state index contributed by atoms with van der Waals surface area (Å²) < 4.78 is 10.7. The lowest BCUT2D eigenvalue weighted by atomic mass is 10.2. The second-order valence-corrected chi connectivity index (χ2v) is 7.25. The van der Waals surface area contributed by atoms with Gasteiger partial charge in [-0.15, -0.1) is 0 Å². The molecular formula is C21H23ClN6O2. The molecule has 0 aliphatic carbocycles. The molecule has 1 aliphatic rings. The highest BCUT2D eigenvalue weighted by Crippen LogP contribution is 2.29. The SMILES string of the molecule is COc1ccc(Nc2nc(Nc3ccc(C)cc3)nc(N3CCOCC3)n2)c(Cl)c1. The zero-order valence-corrected chi connectivity index (χ0v) is 17.6. The number of nitrogens with zero attached hydrogens (tertiary/aromatic N) is 4. The van der Waals surface area contributed by atoms with Gasteiger partial charge in [-0.05, 0) is 31.2 Å². The van der Waals surface area contributed by atoms with Crippen LogP contribution in [0.4, 0.5) is 29.2 Å². The predicted octanol–water partition coefficient (Wildman–Crippen LogP) is 4.17. The molecular weight excluding hydrogens is 404 g/mol. The van der Waals surface area contributed by atoms with Gasteiger partial charge in [-0.3, -0.25) is 0 Å². The van der Waals surface area contributed by atoms with Crippen molar-refractivity contribution >= 4 is 40.8 Å². The Kier molecular flexibility index (Phi) is 6.15. The van der Waals surface area contributed by atoms with E-state index in [0.717, 1.165) is 18.8 Å². The molecule has 2 N–H and O–H groups in total. The summed E-state index contributed by atoms with van der Waals surface area (Å²) in [6.45, 7) is 4.76. The largest absolute Gasteiger partial charge is 0.497 e. The molecule has 0 amide bonds. The van der Waals surface area contributed by atoms with Gasteiger partial charge in [-0.2, -0.15) is 15.0 Å². The minimum atomic E-state index is 0.396. The van der Waals surface area contributed by atoms with Crippen molar-refractivity contribution in [2.75, 3.05) is 48.9 Å². The van der Waals surface area contributed by atoms with E-state index in [0.29, 0.717) is 47.5 Å². The molecule has 9 heteroatoms. The number of hydrogen-bond acceptors (Lipinski definition) is 8. The van der Waals surface area contributed by atoms with Gasteiger partial charge in [0.05, 0.1) is 31.0 Å². The van der Waals surface area contributed by atoms with Gasteiger partial charge >= 0.3 is 0 Å². The maximum absolute atomic E-state index is 6.37. The quantitative estimate of drug-likeness (QED) is 0.607. The van der Waals surface area contributed by atoms with Crippen molar-refractivity contribution in [2.45, 2.75) is 6.92 Å². The van der Waals surface area contributed by atoms with Crippen LogP contribution in [0.25, 0.3) is 0 Å². The number of aryl methyl sites for hydroxylation is 1. The lowest BCUT2D eigenvalue weighted by Crippen LogP contribution is -2.37. The molecule has 1 saturated heterocycles. The number of rotatable bonds is 6. The number of anilines is 5. The van der Waals surface area contributed by atoms with Gasteiger partial charge < -0.3 is 25.0 Å². The molecule has 0 unspecified atom stereocenters. The highest BCUT2D eigenvalue weighted by atomic mass is 35.5. The topological polar surface area (TPSA) is 84.4 Å². The normalized spacial score (nSPS) is 13.8. The molecule has 156 valence electrons. The number of halogens is 1. The molecule has 0 spiro atoms. The summed E-state index contributed by atoms with van der Waals surface area (Å²) >= 11 is 6.37. The summed E-state index contributed by atoms with van der Waals surface area (Å²) in [5.41, 5.74) is 2.76. The molecule has 3 aromatic rings. The van der Waals surface area contributed by atoms with Crippen LogP contribution in [0.2, 0.25) is 5.02 Å². The van der Waals surface area contributed by atoms with E-state index in [9.17, 15) is 0 Å². The summed E-state index contributed by atoms with van der Waals surface area (Å²) in [7, 11) is 1.60. The summed E-state index contributed by atoms with van der Waals surface area (Å²) in [5, 5.41) is 6.96. The third-order valence-electron chi connectivity index (χ3n) is 4.65. The average molecular weight is 427 g/mol. The van der Waals surface area contributed by atoms with Crippen molar-refractivity contribution in [3.63, 3.8) is 0 Å². The zero-order valence-electron chi connectivity index (χ0n) is 16.9. The van der Waals surface area contributed by atoms with Crippen LogP contribution >= 0.6 is 11.6 Å². The van der Waals surface area contributed by atoms with Gasteiger partial charge in [0, 0.05) is 24.8 Å². The van der Waals surface area contributed by atoms with Crippen molar-refractivity contribution in [3.8, 4) is 5.75 Å². The van der Waals surface area contributed by atoms with Gasteiger partial charge in [0.2, 0.25) is 17.8 Å². The van der Waals surface area contributed by atoms with Crippen molar-refractivity contribution < 1.29 is 9.47 Å². The second-order valence-electron chi connectivity index (χ2n) is 6.84. The summed E-state index contributed by atoms with van der Waals surface area (Å²) in [6.07, 6.45) is 0. The molecule has 1 aromatic heterocycles. The maximum Gasteiger partial charge on any atom is 0.233 e. The first kappa shape index (κ1) is 20.2. The predicted molar refractivity (Wildman–Crippen MR) is 119 cm³/mol. The highest BCUT2D eigenvalue weighted by Gasteiger charge is 2.17.